The lowest BCUT2D eigenvalue weighted by molar-refractivity contribution is 0.527. The standard InChI is InChI=1S/C18H20N2O4S/c1-18(2,3)12-5-7-13(8-6-12)19-25(22,23)14-9-10-15-16(11-14)24-17(21)20(15)4/h5-11,19H,1-4H3. The van der Waals surface area contributed by atoms with E-state index in [1.807, 2.05) is 12.1 Å². The fourth-order valence-corrected chi connectivity index (χ4v) is 3.61. The molecule has 3 rings (SSSR count). The molecular formula is C18H20N2O4S. The minimum Gasteiger partial charge on any atom is -0.408 e. The molecule has 6 nitrogen and oxygen atoms in total. The number of benzene rings is 2. The summed E-state index contributed by atoms with van der Waals surface area (Å²) in [6, 6.07) is 11.6. The third kappa shape index (κ3) is 3.32. The van der Waals surface area contributed by atoms with E-state index in [2.05, 4.69) is 25.5 Å². The summed E-state index contributed by atoms with van der Waals surface area (Å²) in [4.78, 5) is 11.6. The van der Waals surface area contributed by atoms with E-state index >= 15 is 0 Å². The van der Waals surface area contributed by atoms with Crippen LogP contribution >= 0.6 is 0 Å². The molecule has 0 aliphatic heterocycles. The first-order valence-electron chi connectivity index (χ1n) is 7.81. The third-order valence-electron chi connectivity index (χ3n) is 4.08. The number of aryl methyl sites for hydroxylation is 1. The predicted molar refractivity (Wildman–Crippen MR) is 97.4 cm³/mol. The Morgan fingerprint density at radius 1 is 1.04 bits per heavy atom. The van der Waals surface area contributed by atoms with Crippen LogP contribution in [-0.2, 0) is 22.5 Å². The summed E-state index contributed by atoms with van der Waals surface area (Å²) in [6.45, 7) is 6.28. The van der Waals surface area contributed by atoms with Crippen molar-refractivity contribution in [2.75, 3.05) is 4.72 Å². The zero-order chi connectivity index (χ0) is 18.4. The van der Waals surface area contributed by atoms with Gasteiger partial charge in [-0.1, -0.05) is 32.9 Å². The Morgan fingerprint density at radius 3 is 2.28 bits per heavy atom. The Balaban J connectivity index is 1.93. The van der Waals surface area contributed by atoms with Crippen molar-refractivity contribution in [1.82, 2.24) is 4.57 Å². The van der Waals surface area contributed by atoms with E-state index in [1.165, 1.54) is 16.7 Å². The summed E-state index contributed by atoms with van der Waals surface area (Å²) in [5.41, 5.74) is 2.36. The van der Waals surface area contributed by atoms with Crippen molar-refractivity contribution < 1.29 is 12.8 Å². The maximum atomic E-state index is 12.6. The van der Waals surface area contributed by atoms with E-state index < -0.39 is 15.8 Å². The average Bonchev–Trinajstić information content (AvgIpc) is 2.81. The van der Waals surface area contributed by atoms with Gasteiger partial charge in [0.05, 0.1) is 10.4 Å². The van der Waals surface area contributed by atoms with Crippen LogP contribution in [0.15, 0.2) is 56.6 Å². The Morgan fingerprint density at radius 2 is 1.68 bits per heavy atom. The molecule has 0 fully saturated rings. The Labute approximate surface area is 146 Å². The fourth-order valence-electron chi connectivity index (χ4n) is 2.53. The summed E-state index contributed by atoms with van der Waals surface area (Å²) >= 11 is 0. The summed E-state index contributed by atoms with van der Waals surface area (Å²) < 4.78 is 34.1. The van der Waals surface area contributed by atoms with E-state index in [-0.39, 0.29) is 15.9 Å². The molecule has 0 unspecified atom stereocenters. The number of anilines is 1. The van der Waals surface area contributed by atoms with Gasteiger partial charge in [-0.25, -0.2) is 13.2 Å². The van der Waals surface area contributed by atoms with Crippen LogP contribution in [0.2, 0.25) is 0 Å². The number of nitrogens with zero attached hydrogens (tertiary/aromatic N) is 1. The Hall–Kier alpha value is -2.54. The minimum atomic E-state index is -3.78. The van der Waals surface area contributed by atoms with Gasteiger partial charge in [0.1, 0.15) is 0 Å². The van der Waals surface area contributed by atoms with Crippen LogP contribution in [0, 0.1) is 0 Å². The maximum absolute atomic E-state index is 12.6. The molecule has 0 radical (unpaired) electrons. The number of sulfonamides is 1. The predicted octanol–water partition coefficient (Wildman–Crippen LogP) is 3.23. The molecule has 0 spiro atoms. The van der Waals surface area contributed by atoms with Crippen molar-refractivity contribution in [3.05, 3.63) is 58.6 Å². The number of hydrogen-bond donors (Lipinski definition) is 1. The first-order chi connectivity index (χ1) is 11.6. The van der Waals surface area contributed by atoms with E-state index in [1.54, 1.807) is 25.2 Å². The number of fused-ring (bicyclic) bond motifs is 1. The molecule has 25 heavy (non-hydrogen) atoms. The Kier molecular flexibility index (Phi) is 3.99. The van der Waals surface area contributed by atoms with Gasteiger partial charge in [-0.15, -0.1) is 0 Å². The van der Waals surface area contributed by atoms with E-state index in [9.17, 15) is 13.2 Å². The zero-order valence-electron chi connectivity index (χ0n) is 14.5. The molecular weight excluding hydrogens is 340 g/mol. The lowest BCUT2D eigenvalue weighted by Gasteiger charge is -2.19. The van der Waals surface area contributed by atoms with Crippen molar-refractivity contribution in [1.29, 1.82) is 0 Å². The molecule has 0 saturated heterocycles. The van der Waals surface area contributed by atoms with Gasteiger partial charge in [0.15, 0.2) is 5.58 Å². The normalized spacial score (nSPS) is 12.5. The molecule has 0 aliphatic rings. The molecule has 1 aromatic heterocycles. The Bertz CT molecular complexity index is 1080. The zero-order valence-corrected chi connectivity index (χ0v) is 15.3. The summed E-state index contributed by atoms with van der Waals surface area (Å²) in [5.74, 6) is -0.532. The van der Waals surface area contributed by atoms with Crippen LogP contribution < -0.4 is 10.5 Å². The van der Waals surface area contributed by atoms with Crippen LogP contribution in [0.4, 0.5) is 5.69 Å². The highest BCUT2D eigenvalue weighted by Crippen LogP contribution is 2.25. The molecule has 0 amide bonds. The fraction of sp³-hybridized carbons (Fsp3) is 0.278. The molecule has 3 aromatic rings. The van der Waals surface area contributed by atoms with Crippen LogP contribution in [0.25, 0.3) is 11.1 Å². The van der Waals surface area contributed by atoms with E-state index in [0.717, 1.165) is 5.56 Å². The highest BCUT2D eigenvalue weighted by atomic mass is 32.2. The van der Waals surface area contributed by atoms with Gasteiger partial charge in [0, 0.05) is 18.8 Å². The van der Waals surface area contributed by atoms with Gasteiger partial charge in [-0.05, 0) is 35.2 Å². The highest BCUT2D eigenvalue weighted by molar-refractivity contribution is 7.92. The minimum absolute atomic E-state index is 0.00665. The topological polar surface area (TPSA) is 81.3 Å². The third-order valence-corrected chi connectivity index (χ3v) is 5.46. The maximum Gasteiger partial charge on any atom is 0.419 e. The van der Waals surface area contributed by atoms with Crippen LogP contribution in [-0.4, -0.2) is 13.0 Å². The molecule has 0 aliphatic carbocycles. The van der Waals surface area contributed by atoms with Crippen molar-refractivity contribution in [3.63, 3.8) is 0 Å². The van der Waals surface area contributed by atoms with Crippen LogP contribution in [0.3, 0.4) is 0 Å². The smallest absolute Gasteiger partial charge is 0.408 e. The molecule has 2 aromatic carbocycles. The molecule has 0 bridgehead atoms. The second-order valence-corrected chi connectivity index (χ2v) is 8.67. The van der Waals surface area contributed by atoms with Crippen LogP contribution in [0.1, 0.15) is 26.3 Å². The van der Waals surface area contributed by atoms with E-state index in [0.29, 0.717) is 11.2 Å². The van der Waals surface area contributed by atoms with Crippen LogP contribution in [0.5, 0.6) is 0 Å². The van der Waals surface area contributed by atoms with Crippen molar-refractivity contribution in [2.45, 2.75) is 31.1 Å². The number of hydrogen-bond acceptors (Lipinski definition) is 4. The van der Waals surface area contributed by atoms with Crippen molar-refractivity contribution in [3.8, 4) is 0 Å². The molecule has 0 saturated carbocycles. The number of rotatable bonds is 3. The van der Waals surface area contributed by atoms with Gasteiger partial charge in [-0.3, -0.25) is 9.29 Å². The van der Waals surface area contributed by atoms with Crippen molar-refractivity contribution in [2.24, 2.45) is 7.05 Å². The molecule has 1 heterocycles. The molecule has 0 atom stereocenters. The first kappa shape index (κ1) is 17.3. The van der Waals surface area contributed by atoms with Gasteiger partial charge in [-0.2, -0.15) is 0 Å². The van der Waals surface area contributed by atoms with Gasteiger partial charge in [0.25, 0.3) is 10.0 Å². The second kappa shape index (κ2) is 5.77. The summed E-state index contributed by atoms with van der Waals surface area (Å²) in [7, 11) is -2.21. The molecule has 1 N–H and O–H groups in total. The van der Waals surface area contributed by atoms with Gasteiger partial charge >= 0.3 is 5.76 Å². The van der Waals surface area contributed by atoms with Crippen molar-refractivity contribution >= 4 is 26.8 Å². The summed E-state index contributed by atoms with van der Waals surface area (Å²) in [5, 5.41) is 0. The first-order valence-corrected chi connectivity index (χ1v) is 9.29. The average molecular weight is 360 g/mol. The highest BCUT2D eigenvalue weighted by Gasteiger charge is 2.18. The number of oxazole rings is 1. The number of aromatic nitrogens is 1. The van der Waals surface area contributed by atoms with Gasteiger partial charge in [0.2, 0.25) is 0 Å². The number of nitrogens with one attached hydrogen (secondary N) is 1. The SMILES string of the molecule is Cn1c(=O)oc2cc(S(=O)(=O)Nc3ccc(C(C)(C)C)cc3)ccc21. The summed E-state index contributed by atoms with van der Waals surface area (Å²) in [6.07, 6.45) is 0. The molecule has 132 valence electrons. The molecule has 7 heteroatoms. The second-order valence-electron chi connectivity index (χ2n) is 6.99. The quantitative estimate of drug-likeness (QED) is 0.777. The largest absolute Gasteiger partial charge is 0.419 e. The monoisotopic (exact) mass is 360 g/mol. The lowest BCUT2D eigenvalue weighted by atomic mass is 9.87. The van der Waals surface area contributed by atoms with E-state index in [4.69, 9.17) is 4.42 Å². The van der Waals surface area contributed by atoms with Gasteiger partial charge < -0.3 is 4.42 Å². The lowest BCUT2D eigenvalue weighted by Crippen LogP contribution is -2.14.